The number of hydrogen-bond acceptors (Lipinski definition) is 5. The molecule has 1 aliphatic rings. The van der Waals surface area contributed by atoms with E-state index in [1.165, 1.54) is 22.9 Å². The molecule has 1 fully saturated rings. The number of aromatic nitrogens is 2. The van der Waals surface area contributed by atoms with Crippen molar-refractivity contribution in [3.63, 3.8) is 0 Å². The molecule has 0 unspecified atom stereocenters. The highest BCUT2D eigenvalue weighted by atomic mass is 16.6. The van der Waals surface area contributed by atoms with Crippen molar-refractivity contribution >= 4 is 22.4 Å². The van der Waals surface area contributed by atoms with Crippen molar-refractivity contribution in [1.29, 1.82) is 0 Å². The fraction of sp³-hybridized carbons (Fsp3) is 0.263. The Morgan fingerprint density at radius 1 is 1.08 bits per heavy atom. The van der Waals surface area contributed by atoms with Crippen LogP contribution in [-0.2, 0) is 6.54 Å². The maximum atomic E-state index is 11.1. The number of nitrogens with zero attached hydrogens (tertiary/aromatic N) is 4. The first-order valence-corrected chi connectivity index (χ1v) is 8.72. The lowest BCUT2D eigenvalue weighted by atomic mass is 10.1. The van der Waals surface area contributed by atoms with Gasteiger partial charge in [-0.3, -0.25) is 10.1 Å². The second-order valence-corrected chi connectivity index (χ2v) is 6.56. The van der Waals surface area contributed by atoms with Gasteiger partial charge in [-0.2, -0.15) is 0 Å². The number of piperazine rings is 1. The van der Waals surface area contributed by atoms with Crippen LogP contribution in [0.5, 0.6) is 0 Å². The van der Waals surface area contributed by atoms with Gasteiger partial charge in [-0.25, -0.2) is 9.97 Å². The van der Waals surface area contributed by atoms with Gasteiger partial charge in [0.05, 0.1) is 36.6 Å². The molecule has 0 saturated carbocycles. The third-order valence-corrected chi connectivity index (χ3v) is 4.88. The van der Waals surface area contributed by atoms with E-state index in [1.54, 1.807) is 12.1 Å². The highest BCUT2D eigenvalue weighted by Crippen LogP contribution is 2.26. The molecule has 0 aliphatic carbocycles. The van der Waals surface area contributed by atoms with E-state index in [0.29, 0.717) is 0 Å². The molecule has 0 spiro atoms. The summed E-state index contributed by atoms with van der Waals surface area (Å²) < 4.78 is 0. The second-order valence-electron chi connectivity index (χ2n) is 6.56. The first-order valence-electron chi connectivity index (χ1n) is 8.72. The van der Waals surface area contributed by atoms with Crippen molar-refractivity contribution in [3.05, 3.63) is 70.5 Å². The van der Waals surface area contributed by atoms with Crippen molar-refractivity contribution in [2.75, 3.05) is 31.1 Å². The molecule has 0 atom stereocenters. The number of benzene rings is 2. The van der Waals surface area contributed by atoms with Gasteiger partial charge in [0.2, 0.25) is 0 Å². The molecule has 1 N–H and O–H groups in total. The minimum Gasteiger partial charge on any atom is -0.345 e. The maximum Gasteiger partial charge on any atom is 0.270 e. The van der Waals surface area contributed by atoms with Gasteiger partial charge in [-0.15, -0.1) is 0 Å². The number of rotatable bonds is 4. The quantitative estimate of drug-likeness (QED) is 0.569. The van der Waals surface area contributed by atoms with Gasteiger partial charge in [0.25, 0.3) is 5.69 Å². The van der Waals surface area contributed by atoms with Crippen LogP contribution in [0.2, 0.25) is 0 Å². The Kier molecular flexibility index (Phi) is 4.45. The minimum absolute atomic E-state index is 0.0712. The number of nitro groups is 1. The van der Waals surface area contributed by atoms with Crippen molar-refractivity contribution in [2.24, 2.45) is 0 Å². The summed E-state index contributed by atoms with van der Waals surface area (Å²) in [5, 5.41) is 11.8. The van der Waals surface area contributed by atoms with E-state index in [2.05, 4.69) is 39.1 Å². The van der Waals surface area contributed by atoms with Crippen LogP contribution in [0.4, 0.5) is 11.5 Å². The van der Waals surface area contributed by atoms with Gasteiger partial charge in [0.1, 0.15) is 18.7 Å². The monoisotopic (exact) mass is 350 g/mol. The molecule has 1 aliphatic heterocycles. The molecule has 7 nitrogen and oxygen atoms in total. The van der Waals surface area contributed by atoms with Gasteiger partial charge in [0, 0.05) is 23.1 Å². The van der Waals surface area contributed by atoms with E-state index in [0.717, 1.165) is 49.4 Å². The summed E-state index contributed by atoms with van der Waals surface area (Å²) in [5.41, 5.74) is 2.15. The van der Waals surface area contributed by atoms with Crippen molar-refractivity contribution in [1.82, 2.24) is 9.97 Å². The van der Waals surface area contributed by atoms with Crippen LogP contribution in [0.15, 0.2) is 54.9 Å². The van der Waals surface area contributed by atoms with Gasteiger partial charge in [0.15, 0.2) is 0 Å². The SMILES string of the molecule is O=[N+]([O-])c1ccc2ncnc(N3CC[NH+](Cc4ccccc4)CC3)c2c1. The van der Waals surface area contributed by atoms with Crippen molar-refractivity contribution in [2.45, 2.75) is 6.54 Å². The van der Waals surface area contributed by atoms with E-state index < -0.39 is 0 Å². The predicted molar refractivity (Wildman–Crippen MR) is 99.2 cm³/mol. The standard InChI is InChI=1S/C19H19N5O2/c25-24(26)16-6-7-18-17(12-16)19(21-14-20-18)23-10-8-22(9-11-23)13-15-4-2-1-3-5-15/h1-7,12,14H,8-11,13H2/p+1. The van der Waals surface area contributed by atoms with E-state index in [1.807, 2.05) is 6.07 Å². The van der Waals surface area contributed by atoms with Crippen molar-refractivity contribution < 1.29 is 9.82 Å². The third kappa shape index (κ3) is 3.34. The Hall–Kier alpha value is -3.06. The Morgan fingerprint density at radius 3 is 2.58 bits per heavy atom. The lowest BCUT2D eigenvalue weighted by molar-refractivity contribution is -0.914. The first kappa shape index (κ1) is 16.4. The lowest BCUT2D eigenvalue weighted by Gasteiger charge is -2.33. The van der Waals surface area contributed by atoms with Crippen LogP contribution in [0.3, 0.4) is 0 Å². The zero-order valence-corrected chi connectivity index (χ0v) is 14.3. The zero-order valence-electron chi connectivity index (χ0n) is 14.3. The normalized spacial score (nSPS) is 15.3. The van der Waals surface area contributed by atoms with Crippen LogP contribution >= 0.6 is 0 Å². The smallest absolute Gasteiger partial charge is 0.270 e. The van der Waals surface area contributed by atoms with E-state index >= 15 is 0 Å². The molecule has 2 heterocycles. The average Bonchev–Trinajstić information content (AvgIpc) is 2.68. The highest BCUT2D eigenvalue weighted by Gasteiger charge is 2.23. The van der Waals surface area contributed by atoms with E-state index in [4.69, 9.17) is 0 Å². The van der Waals surface area contributed by atoms with Crippen LogP contribution in [0.25, 0.3) is 10.9 Å². The number of quaternary nitrogens is 1. The second kappa shape index (κ2) is 7.05. The number of hydrogen-bond donors (Lipinski definition) is 1. The number of nitro benzene ring substituents is 1. The van der Waals surface area contributed by atoms with Gasteiger partial charge < -0.3 is 9.80 Å². The van der Waals surface area contributed by atoms with Gasteiger partial charge >= 0.3 is 0 Å². The summed E-state index contributed by atoms with van der Waals surface area (Å²) in [7, 11) is 0. The molecule has 26 heavy (non-hydrogen) atoms. The van der Waals surface area contributed by atoms with Crippen LogP contribution < -0.4 is 9.80 Å². The lowest BCUT2D eigenvalue weighted by Crippen LogP contribution is -3.13. The molecule has 1 aromatic heterocycles. The summed E-state index contributed by atoms with van der Waals surface area (Å²) in [4.78, 5) is 23.1. The van der Waals surface area contributed by atoms with Gasteiger partial charge in [-0.05, 0) is 6.07 Å². The molecule has 7 heteroatoms. The van der Waals surface area contributed by atoms with Crippen LogP contribution in [0, 0.1) is 10.1 Å². The Morgan fingerprint density at radius 2 is 1.85 bits per heavy atom. The summed E-state index contributed by atoms with van der Waals surface area (Å²) >= 11 is 0. The molecular formula is C19H20N5O2+. The molecule has 0 radical (unpaired) electrons. The molecule has 0 amide bonds. The van der Waals surface area contributed by atoms with E-state index in [-0.39, 0.29) is 10.6 Å². The number of nitrogens with one attached hydrogen (secondary N) is 1. The first-order chi connectivity index (χ1) is 12.7. The summed E-state index contributed by atoms with van der Waals surface area (Å²) in [6.45, 7) is 4.78. The molecule has 132 valence electrons. The Bertz CT molecular complexity index is 924. The maximum absolute atomic E-state index is 11.1. The minimum atomic E-state index is -0.377. The summed E-state index contributed by atoms with van der Waals surface area (Å²) in [6, 6.07) is 15.3. The largest absolute Gasteiger partial charge is 0.345 e. The average molecular weight is 350 g/mol. The summed E-state index contributed by atoms with van der Waals surface area (Å²) in [5.74, 6) is 0.789. The topological polar surface area (TPSA) is 76.6 Å². The molecular weight excluding hydrogens is 330 g/mol. The predicted octanol–water partition coefficient (Wildman–Crippen LogP) is 1.44. The number of anilines is 1. The van der Waals surface area contributed by atoms with E-state index in [9.17, 15) is 10.1 Å². The molecule has 0 bridgehead atoms. The number of non-ortho nitro benzene ring substituents is 1. The van der Waals surface area contributed by atoms with Crippen LogP contribution in [-0.4, -0.2) is 41.1 Å². The fourth-order valence-corrected chi connectivity index (χ4v) is 3.49. The molecule has 2 aromatic carbocycles. The number of fused-ring (bicyclic) bond motifs is 1. The zero-order chi connectivity index (χ0) is 17.9. The van der Waals surface area contributed by atoms with Crippen molar-refractivity contribution in [3.8, 4) is 0 Å². The van der Waals surface area contributed by atoms with Crippen LogP contribution in [0.1, 0.15) is 5.56 Å². The molecule has 3 aromatic rings. The highest BCUT2D eigenvalue weighted by molar-refractivity contribution is 5.91. The van der Waals surface area contributed by atoms with Gasteiger partial charge in [-0.1, -0.05) is 30.3 Å². The Labute approximate surface area is 151 Å². The summed E-state index contributed by atoms with van der Waals surface area (Å²) in [6.07, 6.45) is 1.53. The third-order valence-electron chi connectivity index (χ3n) is 4.88. The molecule has 4 rings (SSSR count). The Balaban J connectivity index is 1.52. The molecule has 1 saturated heterocycles. The fourth-order valence-electron chi connectivity index (χ4n) is 3.49.